The first-order valence-electron chi connectivity index (χ1n) is 6.39. The summed E-state index contributed by atoms with van der Waals surface area (Å²) < 4.78 is 55.0. The molecule has 1 aliphatic rings. The van der Waals surface area contributed by atoms with Gasteiger partial charge in [0.2, 0.25) is 10.0 Å². The molecule has 1 aliphatic heterocycles. The van der Waals surface area contributed by atoms with Gasteiger partial charge in [-0.3, -0.25) is 0 Å². The smallest absolute Gasteiger partial charge is 0.261 e. The van der Waals surface area contributed by atoms with Gasteiger partial charge in [-0.2, -0.15) is 0 Å². The minimum atomic E-state index is -3.97. The van der Waals surface area contributed by atoms with Crippen LogP contribution < -0.4 is 4.72 Å². The van der Waals surface area contributed by atoms with Crippen LogP contribution in [0.15, 0.2) is 34.1 Å². The molecule has 118 valence electrons. The number of rotatable bonds is 5. The van der Waals surface area contributed by atoms with E-state index in [1.807, 2.05) is 0 Å². The summed E-state index contributed by atoms with van der Waals surface area (Å²) in [6.45, 7) is 2.34. The number of hydrogen-bond donors (Lipinski definition) is 1. The quantitative estimate of drug-likeness (QED) is 0.809. The zero-order valence-corrected chi connectivity index (χ0v) is 13.7. The van der Waals surface area contributed by atoms with Crippen molar-refractivity contribution < 1.29 is 21.6 Å². The Bertz CT molecular complexity index is 711. The van der Waals surface area contributed by atoms with Gasteiger partial charge in [-0.25, -0.2) is 21.6 Å². The number of ether oxygens (including phenoxy) is 1. The predicted molar refractivity (Wildman–Crippen MR) is 78.2 cm³/mol. The van der Waals surface area contributed by atoms with Crippen molar-refractivity contribution in [2.75, 3.05) is 6.61 Å². The van der Waals surface area contributed by atoms with Crippen molar-refractivity contribution >= 4 is 29.8 Å². The van der Waals surface area contributed by atoms with Crippen LogP contribution in [0.5, 0.6) is 0 Å². The highest BCUT2D eigenvalue weighted by molar-refractivity contribution is 8.13. The summed E-state index contributed by atoms with van der Waals surface area (Å²) in [4.78, 5) is -0.397. The lowest BCUT2D eigenvalue weighted by atomic mass is 10.1. The van der Waals surface area contributed by atoms with Crippen molar-refractivity contribution in [3.05, 3.63) is 24.3 Å². The molecule has 1 aromatic rings. The lowest BCUT2D eigenvalue weighted by Crippen LogP contribution is -2.40. The molecule has 1 aromatic carbocycles. The predicted octanol–water partition coefficient (Wildman–Crippen LogP) is 1.46. The Kier molecular flexibility index (Phi) is 4.94. The van der Waals surface area contributed by atoms with Crippen LogP contribution in [0.1, 0.15) is 19.8 Å². The van der Waals surface area contributed by atoms with Gasteiger partial charge in [0.05, 0.1) is 15.9 Å². The number of sulfonamides is 1. The largest absolute Gasteiger partial charge is 0.377 e. The maximum absolute atomic E-state index is 12.3. The molecule has 9 heteroatoms. The lowest BCUT2D eigenvalue weighted by molar-refractivity contribution is 0.0902. The fourth-order valence-corrected chi connectivity index (χ4v) is 4.37. The monoisotopic (exact) mass is 353 g/mol. The van der Waals surface area contributed by atoms with Crippen LogP contribution in [0, 0.1) is 0 Å². The summed E-state index contributed by atoms with van der Waals surface area (Å²) in [7, 11) is -2.58. The van der Waals surface area contributed by atoms with Crippen LogP contribution in [-0.4, -0.2) is 35.6 Å². The van der Waals surface area contributed by atoms with E-state index >= 15 is 0 Å². The fraction of sp³-hybridized carbons (Fsp3) is 0.500. The molecular formula is C12H16ClNO5S2. The molecule has 1 heterocycles. The average molecular weight is 354 g/mol. The molecule has 0 aromatic heterocycles. The van der Waals surface area contributed by atoms with E-state index in [1.165, 1.54) is 18.2 Å². The van der Waals surface area contributed by atoms with E-state index in [-0.39, 0.29) is 15.9 Å². The fourth-order valence-electron chi connectivity index (χ4n) is 2.18. The van der Waals surface area contributed by atoms with Crippen molar-refractivity contribution in [1.29, 1.82) is 0 Å². The van der Waals surface area contributed by atoms with Crippen molar-refractivity contribution in [2.45, 2.75) is 41.7 Å². The second-order valence-electron chi connectivity index (χ2n) is 4.87. The number of nitrogens with one attached hydrogen (secondary N) is 1. The minimum absolute atomic E-state index is 0.144. The van der Waals surface area contributed by atoms with Crippen LogP contribution in [0.25, 0.3) is 0 Å². The summed E-state index contributed by atoms with van der Waals surface area (Å²) in [6.07, 6.45) is 1.52. The Balaban J connectivity index is 2.23. The first-order valence-corrected chi connectivity index (χ1v) is 10.2. The van der Waals surface area contributed by atoms with Gasteiger partial charge in [-0.1, -0.05) is 6.07 Å². The Hall–Kier alpha value is -0.670. The molecule has 0 aliphatic carbocycles. The molecule has 2 atom stereocenters. The van der Waals surface area contributed by atoms with E-state index in [0.717, 1.165) is 18.9 Å². The Morgan fingerprint density at radius 3 is 2.52 bits per heavy atom. The Morgan fingerprint density at radius 2 is 1.95 bits per heavy atom. The third-order valence-corrected chi connectivity index (χ3v) is 6.17. The summed E-state index contributed by atoms with van der Waals surface area (Å²) >= 11 is 0. The van der Waals surface area contributed by atoms with E-state index in [9.17, 15) is 16.8 Å². The van der Waals surface area contributed by atoms with E-state index in [2.05, 4.69) is 4.72 Å². The van der Waals surface area contributed by atoms with Crippen molar-refractivity contribution in [1.82, 2.24) is 4.72 Å². The third-order valence-electron chi connectivity index (χ3n) is 3.26. The van der Waals surface area contributed by atoms with E-state index in [4.69, 9.17) is 15.4 Å². The average Bonchev–Trinajstić information content (AvgIpc) is 2.91. The van der Waals surface area contributed by atoms with Gasteiger partial charge in [0.1, 0.15) is 0 Å². The topological polar surface area (TPSA) is 89.5 Å². The zero-order valence-electron chi connectivity index (χ0n) is 11.3. The summed E-state index contributed by atoms with van der Waals surface area (Å²) in [6, 6.07) is 4.53. The third kappa shape index (κ3) is 4.17. The summed E-state index contributed by atoms with van der Waals surface area (Å²) in [5, 5.41) is 0. The molecular weight excluding hydrogens is 338 g/mol. The molecule has 6 nitrogen and oxygen atoms in total. The van der Waals surface area contributed by atoms with Crippen LogP contribution in [0.3, 0.4) is 0 Å². The first-order chi connectivity index (χ1) is 9.70. The van der Waals surface area contributed by atoms with Gasteiger partial charge in [0.15, 0.2) is 0 Å². The molecule has 1 fully saturated rings. The Morgan fingerprint density at radius 1 is 1.29 bits per heavy atom. The SMILES string of the molecule is CC(NS(=O)(=O)c1cccc(S(=O)(=O)Cl)c1)C1CCCO1. The second kappa shape index (κ2) is 6.21. The number of hydrogen-bond acceptors (Lipinski definition) is 5. The highest BCUT2D eigenvalue weighted by atomic mass is 35.7. The van der Waals surface area contributed by atoms with Crippen molar-refractivity contribution in [3.63, 3.8) is 0 Å². The lowest BCUT2D eigenvalue weighted by Gasteiger charge is -2.20. The van der Waals surface area contributed by atoms with Gasteiger partial charge < -0.3 is 4.74 Å². The highest BCUT2D eigenvalue weighted by Crippen LogP contribution is 2.21. The minimum Gasteiger partial charge on any atom is -0.377 e. The van der Waals surface area contributed by atoms with Crippen LogP contribution in [0.2, 0.25) is 0 Å². The Labute approximate surface area is 128 Å². The summed E-state index contributed by atoms with van der Waals surface area (Å²) in [5.74, 6) is 0. The van der Waals surface area contributed by atoms with E-state index in [0.29, 0.717) is 6.61 Å². The molecule has 1 saturated heterocycles. The number of halogens is 1. The molecule has 21 heavy (non-hydrogen) atoms. The van der Waals surface area contributed by atoms with E-state index in [1.54, 1.807) is 6.92 Å². The maximum atomic E-state index is 12.3. The molecule has 2 unspecified atom stereocenters. The molecule has 2 rings (SSSR count). The van der Waals surface area contributed by atoms with E-state index < -0.39 is 25.1 Å². The van der Waals surface area contributed by atoms with Crippen molar-refractivity contribution in [2.24, 2.45) is 0 Å². The van der Waals surface area contributed by atoms with Crippen LogP contribution >= 0.6 is 10.7 Å². The van der Waals surface area contributed by atoms with Gasteiger partial charge >= 0.3 is 0 Å². The van der Waals surface area contributed by atoms with Gasteiger partial charge in [0, 0.05) is 23.3 Å². The summed E-state index contributed by atoms with van der Waals surface area (Å²) in [5.41, 5.74) is 0. The van der Waals surface area contributed by atoms with Crippen LogP contribution in [-0.2, 0) is 23.8 Å². The molecule has 0 radical (unpaired) electrons. The van der Waals surface area contributed by atoms with Crippen LogP contribution in [0.4, 0.5) is 0 Å². The van der Waals surface area contributed by atoms with Gasteiger partial charge in [0.25, 0.3) is 9.05 Å². The highest BCUT2D eigenvalue weighted by Gasteiger charge is 2.27. The van der Waals surface area contributed by atoms with Crippen molar-refractivity contribution in [3.8, 4) is 0 Å². The normalized spacial score (nSPS) is 21.3. The molecule has 0 bridgehead atoms. The van der Waals surface area contributed by atoms with Gasteiger partial charge in [-0.15, -0.1) is 0 Å². The van der Waals surface area contributed by atoms with Gasteiger partial charge in [-0.05, 0) is 38.0 Å². The zero-order chi connectivity index (χ0) is 15.7. The molecule has 1 N–H and O–H groups in total. The number of benzene rings is 1. The molecule has 0 spiro atoms. The molecule has 0 amide bonds. The molecule has 0 saturated carbocycles. The maximum Gasteiger partial charge on any atom is 0.261 e. The first kappa shape index (κ1) is 16.7. The second-order valence-corrected chi connectivity index (χ2v) is 9.15. The standard InChI is InChI=1S/C12H16ClNO5S2/c1-9(12-6-3-7-19-12)14-21(17,18)11-5-2-4-10(8-11)20(13,15)16/h2,4-5,8-9,12,14H,3,6-7H2,1H3.